The lowest BCUT2D eigenvalue weighted by Gasteiger charge is -2.19. The van der Waals surface area contributed by atoms with Crippen LogP contribution in [-0.2, 0) is 6.54 Å². The van der Waals surface area contributed by atoms with Gasteiger partial charge in [-0.25, -0.2) is 16.0 Å². The molecule has 0 saturated heterocycles. The van der Waals surface area contributed by atoms with Crippen LogP contribution in [0.25, 0.3) is 0 Å². The zero-order valence-corrected chi connectivity index (χ0v) is 6.99. The van der Waals surface area contributed by atoms with Crippen LogP contribution in [0.15, 0.2) is 18.2 Å². The zero-order chi connectivity index (χ0) is 8.72. The summed E-state index contributed by atoms with van der Waals surface area (Å²) >= 11 is 0. The molecule has 12 heavy (non-hydrogen) atoms. The second kappa shape index (κ2) is 2.36. The molecule has 0 amide bonds. The molecule has 64 valence electrons. The van der Waals surface area contributed by atoms with Crippen LogP contribution in [0.4, 0.5) is 11.4 Å². The van der Waals surface area contributed by atoms with Gasteiger partial charge in [-0.05, 0) is 12.1 Å². The summed E-state index contributed by atoms with van der Waals surface area (Å²) in [6, 6.07) is 5.77. The van der Waals surface area contributed by atoms with Crippen molar-refractivity contribution in [3.63, 3.8) is 0 Å². The molecular formula is C8H12N4. The normalized spacial score (nSPS) is 16.7. The topological polar surface area (TPSA) is 58.5 Å². The molecule has 0 fully saturated rings. The number of anilines is 2. The number of fused-ring (bicyclic) bond motifs is 1. The van der Waals surface area contributed by atoms with E-state index in [0.29, 0.717) is 0 Å². The zero-order valence-electron chi connectivity index (χ0n) is 6.99. The molecule has 0 radical (unpaired) electrons. The minimum Gasteiger partial charge on any atom is -0.398 e. The van der Waals surface area contributed by atoms with E-state index in [4.69, 9.17) is 11.6 Å². The first-order valence-corrected chi connectivity index (χ1v) is 3.83. The van der Waals surface area contributed by atoms with Gasteiger partial charge in [-0.3, -0.25) is 0 Å². The van der Waals surface area contributed by atoms with Gasteiger partial charge in [-0.1, -0.05) is 6.07 Å². The maximum atomic E-state index is 5.79. The van der Waals surface area contributed by atoms with Crippen LogP contribution in [0.2, 0.25) is 0 Å². The van der Waals surface area contributed by atoms with E-state index in [9.17, 15) is 0 Å². The van der Waals surface area contributed by atoms with Gasteiger partial charge in [0, 0.05) is 24.8 Å². The van der Waals surface area contributed by atoms with Gasteiger partial charge in [-0.2, -0.15) is 0 Å². The SMILES string of the molecule is CN1Cc2c(N)cccc2N1N. The first kappa shape index (κ1) is 7.39. The second-order valence-corrected chi connectivity index (χ2v) is 3.01. The first-order valence-electron chi connectivity index (χ1n) is 3.83. The maximum Gasteiger partial charge on any atom is 0.0768 e. The molecule has 0 aliphatic carbocycles. The fourth-order valence-corrected chi connectivity index (χ4v) is 1.47. The Kier molecular flexibility index (Phi) is 1.46. The van der Waals surface area contributed by atoms with E-state index in [1.54, 1.807) is 5.12 Å². The van der Waals surface area contributed by atoms with Crippen molar-refractivity contribution < 1.29 is 0 Å². The monoisotopic (exact) mass is 164 g/mol. The third-order valence-corrected chi connectivity index (χ3v) is 2.19. The largest absolute Gasteiger partial charge is 0.398 e. The summed E-state index contributed by atoms with van der Waals surface area (Å²) in [5.74, 6) is 5.76. The molecule has 0 aromatic heterocycles. The Labute approximate surface area is 71.3 Å². The Balaban J connectivity index is 2.53. The molecule has 0 spiro atoms. The third-order valence-electron chi connectivity index (χ3n) is 2.19. The van der Waals surface area contributed by atoms with Crippen molar-refractivity contribution in [1.82, 2.24) is 5.01 Å². The summed E-state index contributed by atoms with van der Waals surface area (Å²) in [6.07, 6.45) is 0. The smallest absolute Gasteiger partial charge is 0.0768 e. The fraction of sp³-hybridized carbons (Fsp3) is 0.250. The van der Waals surface area contributed by atoms with Crippen LogP contribution in [0.1, 0.15) is 5.56 Å². The number of nitrogens with zero attached hydrogens (tertiary/aromatic N) is 2. The van der Waals surface area contributed by atoms with Crippen LogP contribution in [0, 0.1) is 0 Å². The van der Waals surface area contributed by atoms with Crippen LogP contribution >= 0.6 is 0 Å². The van der Waals surface area contributed by atoms with Gasteiger partial charge in [0.2, 0.25) is 0 Å². The summed E-state index contributed by atoms with van der Waals surface area (Å²) in [5.41, 5.74) is 8.71. The number of rotatable bonds is 0. The molecule has 1 heterocycles. The molecule has 4 heteroatoms. The predicted molar refractivity (Wildman–Crippen MR) is 49.0 cm³/mol. The van der Waals surface area contributed by atoms with Gasteiger partial charge >= 0.3 is 0 Å². The molecule has 1 aliphatic rings. The molecule has 4 nitrogen and oxygen atoms in total. The standard InChI is InChI=1S/C8H12N4/c1-11-5-6-7(9)3-2-4-8(6)12(11)10/h2-4H,5,9-10H2,1H3. The molecule has 1 aromatic rings. The number of nitrogens with two attached hydrogens (primary N) is 2. The molecule has 0 unspecified atom stereocenters. The van der Waals surface area contributed by atoms with Gasteiger partial charge in [0.25, 0.3) is 0 Å². The number of hydrazine groups is 2. The summed E-state index contributed by atoms with van der Waals surface area (Å²) < 4.78 is 0. The number of benzene rings is 1. The summed E-state index contributed by atoms with van der Waals surface area (Å²) in [5, 5.41) is 3.53. The first-order chi connectivity index (χ1) is 5.70. The average Bonchev–Trinajstić information content (AvgIpc) is 2.32. The Morgan fingerprint density at radius 1 is 1.42 bits per heavy atom. The van der Waals surface area contributed by atoms with E-state index in [1.165, 1.54) is 0 Å². The molecule has 0 bridgehead atoms. The van der Waals surface area contributed by atoms with Crippen molar-refractivity contribution in [2.75, 3.05) is 17.9 Å². The van der Waals surface area contributed by atoms with Crippen LogP contribution < -0.4 is 16.7 Å². The molecule has 0 saturated carbocycles. The Bertz CT molecular complexity index is 310. The molecule has 1 aliphatic heterocycles. The highest BCUT2D eigenvalue weighted by Crippen LogP contribution is 2.31. The van der Waals surface area contributed by atoms with Crippen molar-refractivity contribution in [3.05, 3.63) is 23.8 Å². The van der Waals surface area contributed by atoms with Crippen molar-refractivity contribution in [1.29, 1.82) is 0 Å². The predicted octanol–water partition coefficient (Wildman–Crippen LogP) is 0.309. The lowest BCUT2D eigenvalue weighted by atomic mass is 10.1. The van der Waals surface area contributed by atoms with Crippen molar-refractivity contribution in [3.8, 4) is 0 Å². The second-order valence-electron chi connectivity index (χ2n) is 3.01. The van der Waals surface area contributed by atoms with Gasteiger partial charge in [0.1, 0.15) is 0 Å². The highest BCUT2D eigenvalue weighted by molar-refractivity contribution is 5.66. The van der Waals surface area contributed by atoms with Crippen molar-refractivity contribution >= 4 is 11.4 Å². The fourth-order valence-electron chi connectivity index (χ4n) is 1.47. The molecule has 4 N–H and O–H groups in total. The van der Waals surface area contributed by atoms with Gasteiger partial charge in [0.15, 0.2) is 0 Å². The van der Waals surface area contributed by atoms with E-state index < -0.39 is 0 Å². The summed E-state index contributed by atoms with van der Waals surface area (Å²) in [7, 11) is 1.93. The third kappa shape index (κ3) is 0.855. The van der Waals surface area contributed by atoms with Gasteiger partial charge in [0.05, 0.1) is 5.69 Å². The van der Waals surface area contributed by atoms with Crippen molar-refractivity contribution in [2.24, 2.45) is 5.84 Å². The van der Waals surface area contributed by atoms with Crippen molar-refractivity contribution in [2.45, 2.75) is 6.54 Å². The molecule has 2 rings (SSSR count). The van der Waals surface area contributed by atoms with Gasteiger partial charge in [-0.15, -0.1) is 0 Å². The number of hydrogen-bond acceptors (Lipinski definition) is 4. The average molecular weight is 164 g/mol. The lowest BCUT2D eigenvalue weighted by Crippen LogP contribution is -2.40. The quantitative estimate of drug-likeness (QED) is 0.428. The van der Waals surface area contributed by atoms with E-state index >= 15 is 0 Å². The maximum absolute atomic E-state index is 5.79. The lowest BCUT2D eigenvalue weighted by molar-refractivity contribution is 0.327. The number of hydrogen-bond donors (Lipinski definition) is 2. The van der Waals surface area contributed by atoms with Crippen LogP contribution in [0.5, 0.6) is 0 Å². The highest BCUT2D eigenvalue weighted by Gasteiger charge is 2.22. The van der Waals surface area contributed by atoms with Crippen LogP contribution in [-0.4, -0.2) is 12.1 Å². The summed E-state index contributed by atoms with van der Waals surface area (Å²) in [4.78, 5) is 0. The van der Waals surface area contributed by atoms with E-state index in [1.807, 2.05) is 30.3 Å². The van der Waals surface area contributed by atoms with E-state index in [-0.39, 0.29) is 0 Å². The Morgan fingerprint density at radius 2 is 2.17 bits per heavy atom. The molecule has 1 aromatic carbocycles. The number of nitrogen functional groups attached to an aromatic ring is 1. The highest BCUT2D eigenvalue weighted by atomic mass is 15.8. The minimum atomic E-state index is 0.790. The van der Waals surface area contributed by atoms with E-state index in [2.05, 4.69) is 0 Å². The van der Waals surface area contributed by atoms with Gasteiger partial charge < -0.3 is 5.73 Å². The van der Waals surface area contributed by atoms with Crippen LogP contribution in [0.3, 0.4) is 0 Å². The Hall–Kier alpha value is -1.26. The minimum absolute atomic E-state index is 0.790. The molecular weight excluding hydrogens is 152 g/mol. The molecule has 0 atom stereocenters. The van der Waals surface area contributed by atoms with E-state index in [0.717, 1.165) is 23.5 Å². The Morgan fingerprint density at radius 3 is 2.83 bits per heavy atom. The summed E-state index contributed by atoms with van der Waals surface area (Å²) in [6.45, 7) is 0.790.